The zero-order valence-electron chi connectivity index (χ0n) is 12.3. The van der Waals surface area contributed by atoms with Gasteiger partial charge in [-0.1, -0.05) is 39.0 Å². The predicted octanol–water partition coefficient (Wildman–Crippen LogP) is 6.14. The molecule has 0 N–H and O–H groups in total. The van der Waals surface area contributed by atoms with E-state index in [-0.39, 0.29) is 17.1 Å². The minimum absolute atomic E-state index is 0. The second-order valence-corrected chi connectivity index (χ2v) is 5.52. The van der Waals surface area contributed by atoms with Crippen LogP contribution >= 0.6 is 12.6 Å². The van der Waals surface area contributed by atoms with Crippen LogP contribution in [0.2, 0.25) is 0 Å². The van der Waals surface area contributed by atoms with Crippen LogP contribution in [0.4, 0.5) is 0 Å². The third-order valence-electron chi connectivity index (χ3n) is 3.21. The smallest absolute Gasteiger partial charge is 0.214 e. The average molecular weight is 330 g/mol. The molecule has 1 atom stereocenters. The molecule has 112 valence electrons. The van der Waals surface area contributed by atoms with Gasteiger partial charge in [-0.2, -0.15) is 43.0 Å². The number of rotatable bonds is 7. The van der Waals surface area contributed by atoms with Crippen molar-refractivity contribution >= 4 is 12.6 Å². The average Bonchev–Trinajstić information content (AvgIpc) is 3.13. The molecule has 2 aromatic rings. The molecule has 0 heterocycles. The van der Waals surface area contributed by atoms with Gasteiger partial charge in [0.05, 0.1) is 0 Å². The van der Waals surface area contributed by atoms with Gasteiger partial charge in [0.15, 0.2) is 0 Å². The van der Waals surface area contributed by atoms with Crippen molar-refractivity contribution in [3.8, 4) is 0 Å². The van der Waals surface area contributed by atoms with Crippen LogP contribution in [0.1, 0.15) is 56.3 Å². The Labute approximate surface area is 140 Å². The second kappa shape index (κ2) is 13.5. The Balaban J connectivity index is 0.000000507. The molecule has 0 aliphatic carbocycles. The third kappa shape index (κ3) is 9.47. The van der Waals surface area contributed by atoms with E-state index in [1.807, 2.05) is 30.3 Å². The number of thiol groups is 1. The summed E-state index contributed by atoms with van der Waals surface area (Å²) < 4.78 is 0. The van der Waals surface area contributed by atoms with Crippen molar-refractivity contribution in [2.75, 3.05) is 0 Å². The molecule has 0 saturated carbocycles. The molecule has 0 aliphatic rings. The van der Waals surface area contributed by atoms with Crippen LogP contribution in [0, 0.1) is 0 Å². The molecule has 0 saturated heterocycles. The van der Waals surface area contributed by atoms with Gasteiger partial charge in [-0.15, -0.1) is 5.56 Å². The quantitative estimate of drug-likeness (QED) is 0.268. The van der Waals surface area contributed by atoms with E-state index >= 15 is 0 Å². The molecule has 0 fully saturated rings. The van der Waals surface area contributed by atoms with E-state index in [0.717, 1.165) is 0 Å². The van der Waals surface area contributed by atoms with Crippen molar-refractivity contribution in [1.82, 2.24) is 0 Å². The van der Waals surface area contributed by atoms with E-state index in [1.54, 1.807) is 0 Å². The summed E-state index contributed by atoms with van der Waals surface area (Å²) in [6, 6.07) is 18.5. The maximum atomic E-state index is 4.61. The van der Waals surface area contributed by atoms with E-state index in [2.05, 4.69) is 43.8 Å². The molecule has 0 nitrogen and oxygen atoms in total. The van der Waals surface area contributed by atoms with Gasteiger partial charge in [0.2, 0.25) is 0 Å². The predicted molar refractivity (Wildman–Crippen MR) is 89.2 cm³/mol. The molecule has 2 rings (SSSR count). The summed E-state index contributed by atoms with van der Waals surface area (Å²) in [7, 11) is 0. The normalized spacial score (nSPS) is 11.1. The van der Waals surface area contributed by atoms with Gasteiger partial charge >= 0.3 is 17.1 Å². The fourth-order valence-electron chi connectivity index (χ4n) is 2.04. The van der Waals surface area contributed by atoms with Gasteiger partial charge < -0.3 is 0 Å². The summed E-state index contributed by atoms with van der Waals surface area (Å²) in [5, 5.41) is 0.451. The standard InChI is InChI=1S/C13H21S.C5H5.Fe/c1-2-3-4-5-6-11-13(14)12-9-7-8-10-12;1-2-4-5-3-1;/h7-10,13-14H,2-6,11H2,1H3;1-5H;/q2*-1;+2. The van der Waals surface area contributed by atoms with Crippen molar-refractivity contribution in [2.45, 2.75) is 50.7 Å². The molecule has 0 amide bonds. The molecule has 0 aromatic heterocycles. The minimum Gasteiger partial charge on any atom is -0.214 e. The fraction of sp³-hybridized carbons (Fsp3) is 0.444. The van der Waals surface area contributed by atoms with Gasteiger partial charge in [0, 0.05) is 0 Å². The van der Waals surface area contributed by atoms with E-state index in [4.69, 9.17) is 0 Å². The first-order valence-electron chi connectivity index (χ1n) is 7.41. The Bertz CT molecular complexity index is 347. The van der Waals surface area contributed by atoms with Gasteiger partial charge in [0.25, 0.3) is 0 Å². The number of hydrogen-bond acceptors (Lipinski definition) is 1. The third-order valence-corrected chi connectivity index (χ3v) is 3.77. The van der Waals surface area contributed by atoms with Crippen molar-refractivity contribution in [3.63, 3.8) is 0 Å². The van der Waals surface area contributed by atoms with E-state index in [0.29, 0.717) is 5.25 Å². The summed E-state index contributed by atoms with van der Waals surface area (Å²) in [6.07, 6.45) is 8.00. The maximum Gasteiger partial charge on any atom is 2.00 e. The first-order valence-corrected chi connectivity index (χ1v) is 7.92. The fourth-order valence-corrected chi connectivity index (χ4v) is 2.39. The van der Waals surface area contributed by atoms with Crippen LogP contribution < -0.4 is 0 Å². The minimum atomic E-state index is 0. The topological polar surface area (TPSA) is 0 Å². The number of hydrogen-bond donors (Lipinski definition) is 1. The van der Waals surface area contributed by atoms with E-state index in [9.17, 15) is 0 Å². The summed E-state index contributed by atoms with van der Waals surface area (Å²) in [5.74, 6) is 0. The Kier molecular flexibility index (Phi) is 13.3. The van der Waals surface area contributed by atoms with Gasteiger partial charge in [0.1, 0.15) is 0 Å². The van der Waals surface area contributed by atoms with Crippen LogP contribution in [0.25, 0.3) is 0 Å². The summed E-state index contributed by atoms with van der Waals surface area (Å²) in [6.45, 7) is 2.26. The Hall–Kier alpha value is -0.431. The molecule has 2 aromatic carbocycles. The molecule has 0 bridgehead atoms. The van der Waals surface area contributed by atoms with Crippen LogP contribution in [-0.4, -0.2) is 0 Å². The molecular formula is C18H26FeS. The summed E-state index contributed by atoms with van der Waals surface area (Å²) in [5.41, 5.74) is 1.38. The zero-order valence-corrected chi connectivity index (χ0v) is 14.3. The Morgan fingerprint density at radius 3 is 2.05 bits per heavy atom. The Morgan fingerprint density at radius 2 is 1.55 bits per heavy atom. The maximum absolute atomic E-state index is 4.61. The van der Waals surface area contributed by atoms with E-state index < -0.39 is 0 Å². The van der Waals surface area contributed by atoms with Crippen LogP contribution in [0.3, 0.4) is 0 Å². The van der Waals surface area contributed by atoms with Gasteiger partial charge in [-0.3, -0.25) is 0 Å². The molecule has 1 unspecified atom stereocenters. The van der Waals surface area contributed by atoms with Crippen molar-refractivity contribution in [1.29, 1.82) is 0 Å². The molecule has 2 heteroatoms. The first-order chi connectivity index (χ1) is 9.34. The molecular weight excluding hydrogens is 304 g/mol. The van der Waals surface area contributed by atoms with Crippen LogP contribution in [0.15, 0.2) is 54.6 Å². The van der Waals surface area contributed by atoms with Crippen molar-refractivity contribution in [2.24, 2.45) is 0 Å². The Morgan fingerprint density at radius 1 is 0.950 bits per heavy atom. The summed E-state index contributed by atoms with van der Waals surface area (Å²) in [4.78, 5) is 0. The zero-order chi connectivity index (χ0) is 13.8. The van der Waals surface area contributed by atoms with Gasteiger partial charge in [-0.25, -0.2) is 24.3 Å². The molecule has 20 heavy (non-hydrogen) atoms. The monoisotopic (exact) mass is 330 g/mol. The van der Waals surface area contributed by atoms with Crippen LogP contribution in [-0.2, 0) is 17.1 Å². The molecule has 0 spiro atoms. The summed E-state index contributed by atoms with van der Waals surface area (Å²) >= 11 is 4.61. The van der Waals surface area contributed by atoms with Gasteiger partial charge in [-0.05, 0) is 11.7 Å². The SMILES string of the molecule is CCCCCCCC(S)[c-]1cccc1.[Fe+2].c1cc[cH-]c1. The molecule has 0 radical (unpaired) electrons. The van der Waals surface area contributed by atoms with Crippen molar-refractivity contribution in [3.05, 3.63) is 60.2 Å². The van der Waals surface area contributed by atoms with E-state index in [1.165, 1.54) is 44.1 Å². The van der Waals surface area contributed by atoms with Crippen molar-refractivity contribution < 1.29 is 17.1 Å². The first kappa shape index (κ1) is 19.6. The largest absolute Gasteiger partial charge is 2.00 e. The number of unbranched alkanes of at least 4 members (excludes halogenated alkanes) is 4. The van der Waals surface area contributed by atoms with Crippen LogP contribution in [0.5, 0.6) is 0 Å². The second-order valence-electron chi connectivity index (χ2n) is 4.90. The molecule has 0 aliphatic heterocycles.